The molecular formula is C36H46N6O5. The van der Waals surface area contributed by atoms with Gasteiger partial charge in [0.1, 0.15) is 11.8 Å². The molecule has 2 aromatic rings. The number of hydrogen-bond donors (Lipinski definition) is 2. The number of carbonyl (C=O) groups excluding carboxylic acids is 4. The molecule has 5 aliphatic heterocycles. The predicted molar refractivity (Wildman–Crippen MR) is 180 cm³/mol. The molecule has 4 amide bonds. The van der Waals surface area contributed by atoms with Gasteiger partial charge in [-0.3, -0.25) is 29.4 Å². The van der Waals surface area contributed by atoms with Crippen LogP contribution in [0.2, 0.25) is 0 Å². The maximum atomic E-state index is 13.3. The Morgan fingerprint density at radius 3 is 2.21 bits per heavy atom. The molecule has 5 heterocycles. The third-order valence-corrected chi connectivity index (χ3v) is 11.5. The smallest absolute Gasteiger partial charge is 0.262 e. The molecule has 250 valence electrons. The molecule has 11 heteroatoms. The van der Waals surface area contributed by atoms with Gasteiger partial charge in [-0.1, -0.05) is 0 Å². The standard InChI is InChI=1S/C36H46N6O5/c1-23-19-28(37)31(47-2)21-30(23)41-17-11-36(12-18-41)9-15-39(16-10-36)22-24-7-13-40(14-8-24)25-3-4-26-27(20-25)35(46)42(34(26)45)29-5-6-32(43)38-33(29)44/h3-4,19-21,24,29H,5-18,22,37H2,1-2H3,(H,38,43,44). The number of methoxy groups -OCH3 is 1. The second-order valence-corrected chi connectivity index (χ2v) is 14.3. The van der Waals surface area contributed by atoms with Crippen molar-refractivity contribution in [1.82, 2.24) is 15.1 Å². The van der Waals surface area contributed by atoms with Crippen LogP contribution in [0.5, 0.6) is 5.75 Å². The van der Waals surface area contributed by atoms with Gasteiger partial charge in [0.2, 0.25) is 11.8 Å². The third kappa shape index (κ3) is 5.94. The van der Waals surface area contributed by atoms with E-state index in [4.69, 9.17) is 10.5 Å². The zero-order chi connectivity index (χ0) is 32.9. The van der Waals surface area contributed by atoms with Crippen LogP contribution in [0.3, 0.4) is 0 Å². The number of nitrogen functional groups attached to an aromatic ring is 1. The van der Waals surface area contributed by atoms with Gasteiger partial charge < -0.3 is 25.2 Å². The number of aryl methyl sites for hydroxylation is 1. The molecule has 47 heavy (non-hydrogen) atoms. The Hall–Kier alpha value is -4.12. The quantitative estimate of drug-likeness (QED) is 0.359. The average molecular weight is 643 g/mol. The highest BCUT2D eigenvalue weighted by molar-refractivity contribution is 6.23. The topological polar surface area (TPSA) is 129 Å². The van der Waals surface area contributed by atoms with E-state index in [0.29, 0.717) is 28.1 Å². The van der Waals surface area contributed by atoms with Crippen LogP contribution in [0.25, 0.3) is 0 Å². The summed E-state index contributed by atoms with van der Waals surface area (Å²) in [7, 11) is 1.68. The molecule has 11 nitrogen and oxygen atoms in total. The molecule has 7 rings (SSSR count). The van der Waals surface area contributed by atoms with Gasteiger partial charge >= 0.3 is 0 Å². The van der Waals surface area contributed by atoms with E-state index in [1.807, 2.05) is 18.2 Å². The lowest BCUT2D eigenvalue weighted by Gasteiger charge is -2.48. The number of likely N-dealkylation sites (tertiary alicyclic amines) is 1. The molecule has 0 radical (unpaired) electrons. The number of nitrogens with two attached hydrogens (primary N) is 1. The minimum absolute atomic E-state index is 0.114. The first kappa shape index (κ1) is 31.5. The molecule has 0 saturated carbocycles. The molecule has 2 aromatic carbocycles. The van der Waals surface area contributed by atoms with Crippen molar-refractivity contribution in [1.29, 1.82) is 0 Å². The summed E-state index contributed by atoms with van der Waals surface area (Å²) in [5.74, 6) is -0.477. The van der Waals surface area contributed by atoms with Gasteiger partial charge in [-0.25, -0.2) is 0 Å². The largest absolute Gasteiger partial charge is 0.495 e. The van der Waals surface area contributed by atoms with Crippen molar-refractivity contribution < 1.29 is 23.9 Å². The zero-order valence-corrected chi connectivity index (χ0v) is 27.6. The summed E-state index contributed by atoms with van der Waals surface area (Å²) in [6.45, 7) is 9.56. The van der Waals surface area contributed by atoms with Crippen LogP contribution in [0, 0.1) is 18.3 Å². The number of carbonyl (C=O) groups is 4. The van der Waals surface area contributed by atoms with Crippen LogP contribution >= 0.6 is 0 Å². The molecule has 1 atom stereocenters. The summed E-state index contributed by atoms with van der Waals surface area (Å²) in [6, 6.07) is 8.61. The minimum atomic E-state index is -0.944. The molecule has 4 fully saturated rings. The predicted octanol–water partition coefficient (Wildman–Crippen LogP) is 3.59. The summed E-state index contributed by atoms with van der Waals surface area (Å²) in [6.07, 6.45) is 7.44. The number of amides is 4. The van der Waals surface area contributed by atoms with Crippen molar-refractivity contribution >= 4 is 40.7 Å². The molecule has 1 spiro atoms. The third-order valence-electron chi connectivity index (χ3n) is 11.5. The minimum Gasteiger partial charge on any atom is -0.495 e. The van der Waals surface area contributed by atoms with E-state index in [-0.39, 0.29) is 18.7 Å². The Morgan fingerprint density at radius 1 is 0.851 bits per heavy atom. The number of anilines is 3. The van der Waals surface area contributed by atoms with Gasteiger partial charge in [0.25, 0.3) is 11.8 Å². The van der Waals surface area contributed by atoms with Crippen LogP contribution in [0.1, 0.15) is 77.6 Å². The fourth-order valence-corrected chi connectivity index (χ4v) is 8.54. The van der Waals surface area contributed by atoms with E-state index in [2.05, 4.69) is 33.0 Å². The van der Waals surface area contributed by atoms with E-state index < -0.39 is 23.8 Å². The van der Waals surface area contributed by atoms with Crippen molar-refractivity contribution in [2.24, 2.45) is 11.3 Å². The molecule has 0 aliphatic carbocycles. The number of hydrogen-bond acceptors (Lipinski definition) is 9. The summed E-state index contributed by atoms with van der Waals surface area (Å²) in [4.78, 5) is 58.9. The molecule has 1 unspecified atom stereocenters. The molecule has 4 saturated heterocycles. The van der Waals surface area contributed by atoms with Gasteiger partial charge in [-0.15, -0.1) is 0 Å². The highest BCUT2D eigenvalue weighted by atomic mass is 16.5. The number of rotatable bonds is 6. The zero-order valence-electron chi connectivity index (χ0n) is 27.6. The van der Waals surface area contributed by atoms with Crippen LogP contribution < -0.4 is 25.6 Å². The Morgan fingerprint density at radius 2 is 1.53 bits per heavy atom. The number of ether oxygens (including phenoxy) is 1. The van der Waals surface area contributed by atoms with Gasteiger partial charge in [-0.2, -0.15) is 0 Å². The first-order valence-corrected chi connectivity index (χ1v) is 17.2. The lowest BCUT2D eigenvalue weighted by Crippen LogP contribution is -2.54. The number of fused-ring (bicyclic) bond motifs is 1. The fraction of sp³-hybridized carbons (Fsp3) is 0.556. The number of benzene rings is 2. The normalized spacial score (nSPS) is 23.8. The van der Waals surface area contributed by atoms with E-state index in [1.165, 1.54) is 50.0 Å². The summed E-state index contributed by atoms with van der Waals surface area (Å²) in [5.41, 5.74) is 11.3. The lowest BCUT2D eigenvalue weighted by molar-refractivity contribution is -0.136. The SMILES string of the molecule is COc1cc(N2CCC3(CCN(CC4CCN(c5ccc6c(c5)C(=O)N(C5CCC(=O)NC5=O)C6=O)CC4)CC3)CC2)c(C)cc1N. The van der Waals surface area contributed by atoms with Crippen molar-refractivity contribution in [3.63, 3.8) is 0 Å². The number of imide groups is 2. The van der Waals surface area contributed by atoms with Gasteiger partial charge in [-0.05, 0) is 106 Å². The highest BCUT2D eigenvalue weighted by Gasteiger charge is 2.45. The summed E-state index contributed by atoms with van der Waals surface area (Å²) < 4.78 is 5.49. The maximum absolute atomic E-state index is 13.3. The monoisotopic (exact) mass is 642 g/mol. The molecule has 3 N–H and O–H groups in total. The van der Waals surface area contributed by atoms with Crippen LogP contribution in [0.15, 0.2) is 30.3 Å². The first-order chi connectivity index (χ1) is 22.6. The lowest BCUT2D eigenvalue weighted by atomic mass is 9.71. The summed E-state index contributed by atoms with van der Waals surface area (Å²) in [5, 5.41) is 2.25. The van der Waals surface area contributed by atoms with Crippen molar-refractivity contribution in [2.75, 3.05) is 68.5 Å². The van der Waals surface area contributed by atoms with Crippen LogP contribution in [0.4, 0.5) is 17.1 Å². The van der Waals surface area contributed by atoms with Gasteiger partial charge in [0, 0.05) is 56.6 Å². The van der Waals surface area contributed by atoms with Crippen molar-refractivity contribution in [3.05, 3.63) is 47.0 Å². The number of nitrogens with zero attached hydrogens (tertiary/aromatic N) is 4. The molecule has 0 bridgehead atoms. The van der Waals surface area contributed by atoms with E-state index in [9.17, 15) is 19.2 Å². The Labute approximate surface area is 276 Å². The van der Waals surface area contributed by atoms with Crippen LogP contribution in [-0.2, 0) is 9.59 Å². The van der Waals surface area contributed by atoms with E-state index in [0.717, 1.165) is 61.9 Å². The Bertz CT molecular complexity index is 1580. The van der Waals surface area contributed by atoms with Gasteiger partial charge in [0.05, 0.1) is 23.9 Å². The fourth-order valence-electron chi connectivity index (χ4n) is 8.54. The second kappa shape index (κ2) is 12.5. The van der Waals surface area contributed by atoms with E-state index >= 15 is 0 Å². The number of piperidine rings is 4. The van der Waals surface area contributed by atoms with E-state index in [1.54, 1.807) is 13.2 Å². The summed E-state index contributed by atoms with van der Waals surface area (Å²) >= 11 is 0. The Kier molecular flexibility index (Phi) is 8.36. The average Bonchev–Trinajstić information content (AvgIpc) is 3.32. The molecule has 5 aliphatic rings. The highest BCUT2D eigenvalue weighted by Crippen LogP contribution is 2.44. The maximum Gasteiger partial charge on any atom is 0.262 e. The number of nitrogens with one attached hydrogen (secondary N) is 1. The Balaban J connectivity index is 0.889. The first-order valence-electron chi connectivity index (χ1n) is 17.2. The van der Waals surface area contributed by atoms with Crippen molar-refractivity contribution in [3.8, 4) is 5.75 Å². The van der Waals surface area contributed by atoms with Gasteiger partial charge in [0.15, 0.2) is 0 Å². The van der Waals surface area contributed by atoms with Crippen LogP contribution in [-0.4, -0.2) is 92.4 Å². The second-order valence-electron chi connectivity index (χ2n) is 14.3. The molecular weight excluding hydrogens is 596 g/mol. The van der Waals surface area contributed by atoms with Crippen molar-refractivity contribution in [2.45, 2.75) is 64.3 Å². The molecule has 0 aromatic heterocycles.